The highest BCUT2D eigenvalue weighted by Crippen LogP contribution is 2.11. The van der Waals surface area contributed by atoms with Crippen molar-refractivity contribution in [1.29, 1.82) is 0 Å². The van der Waals surface area contributed by atoms with Crippen LogP contribution in [-0.2, 0) is 17.8 Å². The molecule has 9 heteroatoms. The van der Waals surface area contributed by atoms with Crippen molar-refractivity contribution < 1.29 is 9.59 Å². The zero-order valence-electron chi connectivity index (χ0n) is 14.2. The molecule has 2 amide bonds. The Bertz CT molecular complexity index is 692. The van der Waals surface area contributed by atoms with Crippen LogP contribution in [0, 0.1) is 6.92 Å². The number of amides is 2. The van der Waals surface area contributed by atoms with Gasteiger partial charge in [-0.15, -0.1) is 16.4 Å². The number of carbonyl (C=O) groups excluding carboxylic acids is 2. The number of rotatable bonds is 8. The van der Waals surface area contributed by atoms with Crippen LogP contribution in [0.25, 0.3) is 0 Å². The summed E-state index contributed by atoms with van der Waals surface area (Å²) in [6.07, 6.45) is 2.23. The van der Waals surface area contributed by atoms with Gasteiger partial charge in [0.05, 0.1) is 17.4 Å². The number of hydrogen-bond donors (Lipinski definition) is 1. The lowest BCUT2D eigenvalue weighted by atomic mass is 10.3. The van der Waals surface area contributed by atoms with E-state index in [0.29, 0.717) is 19.6 Å². The molecule has 0 unspecified atom stereocenters. The molecule has 0 aliphatic rings. The predicted molar refractivity (Wildman–Crippen MR) is 90.8 cm³/mol. The maximum atomic E-state index is 12.1. The molecule has 130 valence electrons. The third kappa shape index (κ3) is 4.60. The quantitative estimate of drug-likeness (QED) is 0.763. The summed E-state index contributed by atoms with van der Waals surface area (Å²) in [7, 11) is 0. The Morgan fingerprint density at radius 1 is 1.33 bits per heavy atom. The maximum Gasteiger partial charge on any atom is 0.273 e. The Hall–Kier alpha value is -2.29. The Morgan fingerprint density at radius 2 is 2.08 bits per heavy atom. The van der Waals surface area contributed by atoms with Gasteiger partial charge in [0.25, 0.3) is 5.91 Å². The SMILES string of the molecule is CCN(CC)C(=O)Cn1cc(C(=O)NCCc2scnc2C)nn1. The van der Waals surface area contributed by atoms with E-state index in [1.165, 1.54) is 10.9 Å². The van der Waals surface area contributed by atoms with E-state index in [0.717, 1.165) is 17.0 Å². The van der Waals surface area contributed by atoms with Gasteiger partial charge in [-0.3, -0.25) is 9.59 Å². The van der Waals surface area contributed by atoms with Crippen LogP contribution in [0.2, 0.25) is 0 Å². The van der Waals surface area contributed by atoms with Gasteiger partial charge >= 0.3 is 0 Å². The van der Waals surface area contributed by atoms with Crippen molar-refractivity contribution in [3.63, 3.8) is 0 Å². The molecule has 0 aliphatic heterocycles. The minimum atomic E-state index is -0.293. The molecule has 0 aromatic carbocycles. The molecular formula is C15H22N6O2S. The highest BCUT2D eigenvalue weighted by Gasteiger charge is 2.14. The van der Waals surface area contributed by atoms with Crippen LogP contribution in [0.4, 0.5) is 0 Å². The highest BCUT2D eigenvalue weighted by molar-refractivity contribution is 7.09. The molecule has 0 radical (unpaired) electrons. The summed E-state index contributed by atoms with van der Waals surface area (Å²) in [5, 5.41) is 10.5. The Morgan fingerprint density at radius 3 is 2.71 bits per heavy atom. The van der Waals surface area contributed by atoms with Crippen molar-refractivity contribution in [2.45, 2.75) is 33.7 Å². The van der Waals surface area contributed by atoms with E-state index < -0.39 is 0 Å². The number of hydrogen-bond acceptors (Lipinski definition) is 6. The summed E-state index contributed by atoms with van der Waals surface area (Å²) < 4.78 is 1.39. The molecule has 0 spiro atoms. The topological polar surface area (TPSA) is 93.0 Å². The summed E-state index contributed by atoms with van der Waals surface area (Å²) in [6, 6.07) is 0. The Balaban J connectivity index is 1.84. The molecule has 0 aliphatic carbocycles. The standard InChI is InChI=1S/C15H22N6O2S/c1-4-20(5-2)14(22)9-21-8-12(18-19-21)15(23)16-7-6-13-11(3)17-10-24-13/h8,10H,4-7,9H2,1-3H3,(H,16,23). The third-order valence-electron chi connectivity index (χ3n) is 3.67. The van der Waals surface area contributed by atoms with Gasteiger partial charge < -0.3 is 10.2 Å². The highest BCUT2D eigenvalue weighted by atomic mass is 32.1. The van der Waals surface area contributed by atoms with Gasteiger partial charge in [-0.2, -0.15) is 0 Å². The summed E-state index contributed by atoms with van der Waals surface area (Å²) >= 11 is 1.58. The van der Waals surface area contributed by atoms with E-state index in [4.69, 9.17) is 0 Å². The molecule has 0 fully saturated rings. The molecule has 0 bridgehead atoms. The van der Waals surface area contributed by atoms with Crippen LogP contribution >= 0.6 is 11.3 Å². The lowest BCUT2D eigenvalue weighted by Gasteiger charge is -2.17. The lowest BCUT2D eigenvalue weighted by molar-refractivity contribution is -0.131. The fourth-order valence-electron chi connectivity index (χ4n) is 2.24. The van der Waals surface area contributed by atoms with Crippen molar-refractivity contribution in [3.05, 3.63) is 28.0 Å². The lowest BCUT2D eigenvalue weighted by Crippen LogP contribution is -2.33. The predicted octanol–water partition coefficient (Wildman–Crippen LogP) is 0.884. The van der Waals surface area contributed by atoms with Gasteiger partial charge in [-0.25, -0.2) is 9.67 Å². The first kappa shape index (κ1) is 18.1. The van der Waals surface area contributed by atoms with Gasteiger partial charge in [0, 0.05) is 30.9 Å². The summed E-state index contributed by atoms with van der Waals surface area (Å²) in [5.41, 5.74) is 3.00. The van der Waals surface area contributed by atoms with E-state index in [1.807, 2.05) is 20.8 Å². The van der Waals surface area contributed by atoms with Crippen molar-refractivity contribution in [3.8, 4) is 0 Å². The molecule has 0 saturated heterocycles. The normalized spacial score (nSPS) is 10.6. The minimum Gasteiger partial charge on any atom is -0.350 e. The number of likely N-dealkylation sites (N-methyl/N-ethyl adjacent to an activating group) is 1. The van der Waals surface area contributed by atoms with Gasteiger partial charge in [-0.1, -0.05) is 5.21 Å². The average molecular weight is 350 g/mol. The monoisotopic (exact) mass is 350 g/mol. The van der Waals surface area contributed by atoms with E-state index >= 15 is 0 Å². The van der Waals surface area contributed by atoms with E-state index in [-0.39, 0.29) is 24.1 Å². The zero-order chi connectivity index (χ0) is 17.5. The third-order valence-corrected chi connectivity index (χ3v) is 4.66. The second-order valence-corrected chi connectivity index (χ2v) is 6.17. The summed E-state index contributed by atoms with van der Waals surface area (Å²) in [6.45, 7) is 7.68. The Kier molecular flexibility index (Phi) is 6.42. The number of aryl methyl sites for hydroxylation is 1. The number of aromatic nitrogens is 4. The van der Waals surface area contributed by atoms with Crippen LogP contribution in [-0.4, -0.2) is 56.3 Å². The molecule has 0 atom stereocenters. The smallest absolute Gasteiger partial charge is 0.273 e. The fourth-order valence-corrected chi connectivity index (χ4v) is 3.02. The first-order chi connectivity index (χ1) is 11.5. The second-order valence-electron chi connectivity index (χ2n) is 5.23. The number of nitrogens with zero attached hydrogens (tertiary/aromatic N) is 5. The first-order valence-corrected chi connectivity index (χ1v) is 8.78. The average Bonchev–Trinajstić information content (AvgIpc) is 3.18. The van der Waals surface area contributed by atoms with Gasteiger partial charge in [0.1, 0.15) is 6.54 Å². The number of thiazole rings is 1. The Labute approximate surface area is 144 Å². The van der Waals surface area contributed by atoms with Gasteiger partial charge in [0.15, 0.2) is 5.69 Å². The molecule has 2 rings (SSSR count). The largest absolute Gasteiger partial charge is 0.350 e. The van der Waals surface area contributed by atoms with Crippen molar-refractivity contribution in [1.82, 2.24) is 30.2 Å². The van der Waals surface area contributed by atoms with Crippen LogP contribution < -0.4 is 5.32 Å². The molecule has 24 heavy (non-hydrogen) atoms. The van der Waals surface area contributed by atoms with Crippen LogP contribution in [0.15, 0.2) is 11.7 Å². The minimum absolute atomic E-state index is 0.0440. The van der Waals surface area contributed by atoms with Crippen LogP contribution in [0.1, 0.15) is 34.9 Å². The number of carbonyl (C=O) groups is 2. The van der Waals surface area contributed by atoms with Gasteiger partial charge in [0.2, 0.25) is 5.91 Å². The molecular weight excluding hydrogens is 328 g/mol. The van der Waals surface area contributed by atoms with Crippen molar-refractivity contribution in [2.24, 2.45) is 0 Å². The summed E-state index contributed by atoms with van der Waals surface area (Å²) in [5.74, 6) is -0.337. The first-order valence-electron chi connectivity index (χ1n) is 7.90. The van der Waals surface area contributed by atoms with Gasteiger partial charge in [-0.05, 0) is 20.8 Å². The number of nitrogens with one attached hydrogen (secondary N) is 1. The van der Waals surface area contributed by atoms with E-state index in [2.05, 4.69) is 20.6 Å². The van der Waals surface area contributed by atoms with Crippen molar-refractivity contribution in [2.75, 3.05) is 19.6 Å². The zero-order valence-corrected chi connectivity index (χ0v) is 15.0. The second kappa shape index (κ2) is 8.53. The molecule has 1 N–H and O–H groups in total. The maximum absolute atomic E-state index is 12.1. The van der Waals surface area contributed by atoms with Crippen LogP contribution in [0.5, 0.6) is 0 Å². The van der Waals surface area contributed by atoms with Crippen molar-refractivity contribution >= 4 is 23.2 Å². The molecule has 2 aromatic heterocycles. The summed E-state index contributed by atoms with van der Waals surface area (Å²) in [4.78, 5) is 31.1. The van der Waals surface area contributed by atoms with Crippen LogP contribution in [0.3, 0.4) is 0 Å². The molecule has 2 heterocycles. The van der Waals surface area contributed by atoms with E-state index in [9.17, 15) is 9.59 Å². The molecule has 0 saturated carbocycles. The molecule has 8 nitrogen and oxygen atoms in total. The molecule has 2 aromatic rings. The van der Waals surface area contributed by atoms with E-state index in [1.54, 1.807) is 21.7 Å². The fraction of sp³-hybridized carbons (Fsp3) is 0.533.